The molecule has 0 spiro atoms. The molecule has 0 saturated carbocycles. The second-order valence-electron chi connectivity index (χ2n) is 7.91. The van der Waals surface area contributed by atoms with E-state index in [1.165, 1.54) is 11.3 Å². The second kappa shape index (κ2) is 9.20. The zero-order valence-corrected chi connectivity index (χ0v) is 19.0. The van der Waals surface area contributed by atoms with E-state index in [0.717, 1.165) is 24.2 Å². The maximum Gasteiger partial charge on any atom is 0.257 e. The highest BCUT2D eigenvalue weighted by atomic mass is 35.5. The molecular formula is C22H24ClN5O2S. The van der Waals surface area contributed by atoms with Gasteiger partial charge in [-0.15, -0.1) is 11.3 Å². The number of hydrogen-bond donors (Lipinski definition) is 1. The van der Waals surface area contributed by atoms with Gasteiger partial charge < -0.3 is 10.2 Å². The molecule has 0 bridgehead atoms. The topological polar surface area (TPSA) is 80.1 Å². The van der Waals surface area contributed by atoms with Crippen molar-refractivity contribution < 1.29 is 9.59 Å². The van der Waals surface area contributed by atoms with Crippen molar-refractivity contribution in [3.05, 3.63) is 58.3 Å². The molecule has 1 aromatic carbocycles. The molecule has 7 nitrogen and oxygen atoms in total. The Hall–Kier alpha value is -2.71. The molecule has 1 aliphatic heterocycles. The third kappa shape index (κ3) is 4.65. The highest BCUT2D eigenvalue weighted by molar-refractivity contribution is 7.13. The van der Waals surface area contributed by atoms with E-state index in [1.54, 1.807) is 28.0 Å². The van der Waals surface area contributed by atoms with Gasteiger partial charge in [0, 0.05) is 29.7 Å². The number of thiazole rings is 1. The molecule has 4 rings (SSSR count). The first-order chi connectivity index (χ1) is 14.9. The van der Waals surface area contributed by atoms with Crippen LogP contribution in [0.25, 0.3) is 5.69 Å². The van der Waals surface area contributed by atoms with E-state index in [9.17, 15) is 9.59 Å². The van der Waals surface area contributed by atoms with Crippen LogP contribution < -0.4 is 5.32 Å². The highest BCUT2D eigenvalue weighted by Crippen LogP contribution is 2.27. The number of amides is 2. The monoisotopic (exact) mass is 457 g/mol. The lowest BCUT2D eigenvalue weighted by Gasteiger charge is -2.32. The summed E-state index contributed by atoms with van der Waals surface area (Å²) in [5.74, 6) is -0.365. The minimum Gasteiger partial charge on any atom is -0.338 e. The summed E-state index contributed by atoms with van der Waals surface area (Å²) >= 11 is 7.54. The second-order valence-corrected chi connectivity index (χ2v) is 9.24. The quantitative estimate of drug-likeness (QED) is 0.607. The Morgan fingerprint density at radius 1 is 1.32 bits per heavy atom. The van der Waals surface area contributed by atoms with Crippen molar-refractivity contribution in [1.82, 2.24) is 19.7 Å². The molecule has 162 valence electrons. The minimum absolute atomic E-state index is 0.0780. The molecule has 3 heterocycles. The number of nitrogens with zero attached hydrogens (tertiary/aromatic N) is 4. The average molecular weight is 458 g/mol. The summed E-state index contributed by atoms with van der Waals surface area (Å²) in [4.78, 5) is 32.0. The summed E-state index contributed by atoms with van der Waals surface area (Å²) in [5, 5.41) is 10.4. The fourth-order valence-corrected chi connectivity index (χ4v) is 4.65. The zero-order valence-electron chi connectivity index (χ0n) is 17.4. The zero-order chi connectivity index (χ0) is 22.0. The number of anilines is 1. The summed E-state index contributed by atoms with van der Waals surface area (Å²) < 4.78 is 1.78. The Morgan fingerprint density at radius 2 is 2.16 bits per heavy atom. The molecule has 0 radical (unpaired) electrons. The Kier molecular flexibility index (Phi) is 6.38. The standard InChI is InChI=1S/C22H24ClN5O2S/c1-14(2)19-18(12-25-28(19)17-7-3-6-16(23)11-17)21(30)27-9-4-5-15(13-27)20(29)26-22-24-8-10-31-22/h3,6-8,10-12,14-15H,4-5,9,13H2,1-2H3,(H,24,26,29). The molecule has 1 aliphatic rings. The predicted molar refractivity (Wildman–Crippen MR) is 122 cm³/mol. The maximum atomic E-state index is 13.4. The van der Waals surface area contributed by atoms with Crippen LogP contribution >= 0.6 is 22.9 Å². The van der Waals surface area contributed by atoms with E-state index in [0.29, 0.717) is 28.8 Å². The van der Waals surface area contributed by atoms with E-state index in [4.69, 9.17) is 11.6 Å². The van der Waals surface area contributed by atoms with E-state index in [-0.39, 0.29) is 23.7 Å². The molecule has 1 unspecified atom stereocenters. The molecule has 1 saturated heterocycles. The lowest BCUT2D eigenvalue weighted by atomic mass is 9.96. The van der Waals surface area contributed by atoms with Gasteiger partial charge >= 0.3 is 0 Å². The maximum absolute atomic E-state index is 13.4. The molecule has 3 aromatic rings. The van der Waals surface area contributed by atoms with Gasteiger partial charge in [-0.3, -0.25) is 9.59 Å². The van der Waals surface area contributed by atoms with Gasteiger partial charge in [0.15, 0.2) is 5.13 Å². The summed E-state index contributed by atoms with van der Waals surface area (Å²) in [6.45, 7) is 5.08. The van der Waals surface area contributed by atoms with Gasteiger partial charge in [-0.2, -0.15) is 5.10 Å². The number of piperidine rings is 1. The number of halogens is 1. The third-order valence-corrected chi connectivity index (χ3v) is 6.30. The largest absolute Gasteiger partial charge is 0.338 e. The van der Waals surface area contributed by atoms with Gasteiger partial charge in [0.05, 0.1) is 29.1 Å². The molecule has 1 N–H and O–H groups in total. The van der Waals surface area contributed by atoms with Crippen LogP contribution in [-0.2, 0) is 4.79 Å². The Balaban J connectivity index is 1.55. The van der Waals surface area contributed by atoms with Crippen molar-refractivity contribution in [2.75, 3.05) is 18.4 Å². The Bertz CT molecular complexity index is 1080. The number of carbonyl (C=O) groups is 2. The van der Waals surface area contributed by atoms with Crippen molar-refractivity contribution in [2.24, 2.45) is 5.92 Å². The summed E-state index contributed by atoms with van der Waals surface area (Å²) in [7, 11) is 0. The molecule has 9 heteroatoms. The Morgan fingerprint density at radius 3 is 2.87 bits per heavy atom. The molecular weight excluding hydrogens is 434 g/mol. The average Bonchev–Trinajstić information content (AvgIpc) is 3.43. The van der Waals surface area contributed by atoms with Gasteiger partial charge in [-0.1, -0.05) is 31.5 Å². The van der Waals surface area contributed by atoms with E-state index >= 15 is 0 Å². The van der Waals surface area contributed by atoms with Gasteiger partial charge in [0.25, 0.3) is 5.91 Å². The number of hydrogen-bond acceptors (Lipinski definition) is 5. The number of nitrogens with one attached hydrogen (secondary N) is 1. The first-order valence-electron chi connectivity index (χ1n) is 10.3. The number of aromatic nitrogens is 3. The third-order valence-electron chi connectivity index (χ3n) is 5.38. The van der Waals surface area contributed by atoms with Crippen molar-refractivity contribution in [1.29, 1.82) is 0 Å². The molecule has 2 aromatic heterocycles. The van der Waals surface area contributed by atoms with Crippen LogP contribution in [0.4, 0.5) is 5.13 Å². The highest BCUT2D eigenvalue weighted by Gasteiger charge is 2.32. The van der Waals surface area contributed by atoms with Crippen molar-refractivity contribution in [3.63, 3.8) is 0 Å². The SMILES string of the molecule is CC(C)c1c(C(=O)N2CCCC(C(=O)Nc3nccs3)C2)cnn1-c1cccc(Cl)c1. The van der Waals surface area contributed by atoms with Crippen LogP contribution in [0, 0.1) is 5.92 Å². The van der Waals surface area contributed by atoms with Gasteiger partial charge in [-0.25, -0.2) is 9.67 Å². The van der Waals surface area contributed by atoms with Gasteiger partial charge in [-0.05, 0) is 37.0 Å². The van der Waals surface area contributed by atoms with Crippen LogP contribution in [0.15, 0.2) is 42.0 Å². The van der Waals surface area contributed by atoms with Crippen molar-refractivity contribution in [2.45, 2.75) is 32.6 Å². The number of rotatable bonds is 5. The van der Waals surface area contributed by atoms with Crippen LogP contribution in [0.3, 0.4) is 0 Å². The fourth-order valence-electron chi connectivity index (χ4n) is 3.93. The minimum atomic E-state index is -0.257. The smallest absolute Gasteiger partial charge is 0.257 e. The normalized spacial score (nSPS) is 16.5. The summed E-state index contributed by atoms with van der Waals surface area (Å²) in [6.07, 6.45) is 4.81. The van der Waals surface area contributed by atoms with Crippen LogP contribution in [0.5, 0.6) is 0 Å². The van der Waals surface area contributed by atoms with Crippen molar-refractivity contribution >= 4 is 39.9 Å². The number of carbonyl (C=O) groups excluding carboxylic acids is 2. The van der Waals surface area contributed by atoms with Gasteiger partial charge in [0.1, 0.15) is 0 Å². The summed E-state index contributed by atoms with van der Waals surface area (Å²) in [6, 6.07) is 7.41. The number of likely N-dealkylation sites (tertiary alicyclic amines) is 1. The summed E-state index contributed by atoms with van der Waals surface area (Å²) in [5.41, 5.74) is 2.21. The predicted octanol–water partition coefficient (Wildman–Crippen LogP) is 4.60. The Labute approximate surface area is 190 Å². The van der Waals surface area contributed by atoms with Crippen LogP contribution in [0.2, 0.25) is 5.02 Å². The molecule has 2 amide bonds. The van der Waals surface area contributed by atoms with E-state index in [2.05, 4.69) is 15.4 Å². The first kappa shape index (κ1) is 21.5. The molecule has 1 atom stereocenters. The van der Waals surface area contributed by atoms with E-state index in [1.807, 2.05) is 37.4 Å². The molecule has 31 heavy (non-hydrogen) atoms. The first-order valence-corrected chi connectivity index (χ1v) is 11.5. The van der Waals surface area contributed by atoms with Crippen LogP contribution in [-0.4, -0.2) is 44.6 Å². The number of benzene rings is 1. The van der Waals surface area contributed by atoms with Crippen molar-refractivity contribution in [3.8, 4) is 5.69 Å². The lowest BCUT2D eigenvalue weighted by molar-refractivity contribution is -0.121. The fraction of sp³-hybridized carbons (Fsp3) is 0.364. The molecule has 1 fully saturated rings. The lowest BCUT2D eigenvalue weighted by Crippen LogP contribution is -2.44. The molecule has 0 aliphatic carbocycles. The van der Waals surface area contributed by atoms with Crippen LogP contribution in [0.1, 0.15) is 48.7 Å². The van der Waals surface area contributed by atoms with E-state index < -0.39 is 0 Å². The van der Waals surface area contributed by atoms with Gasteiger partial charge in [0.2, 0.25) is 5.91 Å².